The van der Waals surface area contributed by atoms with Gasteiger partial charge in [-0.25, -0.2) is 9.37 Å². The van der Waals surface area contributed by atoms with Crippen LogP contribution in [0.5, 0.6) is 0 Å². The van der Waals surface area contributed by atoms with Crippen molar-refractivity contribution in [3.8, 4) is 0 Å². The Morgan fingerprint density at radius 1 is 1.10 bits per heavy atom. The average Bonchev–Trinajstić information content (AvgIpc) is 3.23. The Kier molecular flexibility index (Phi) is 4.95. The lowest BCUT2D eigenvalue weighted by Gasteiger charge is -2.37. The van der Waals surface area contributed by atoms with Crippen molar-refractivity contribution in [1.82, 2.24) is 12.5 Å². The monoisotopic (exact) mass is 551 g/mol. The fourth-order valence-corrected chi connectivity index (χ4v) is 6.28. The Labute approximate surface area is 196 Å². The van der Waals surface area contributed by atoms with E-state index in [0.717, 1.165) is 59.0 Å². The van der Waals surface area contributed by atoms with Gasteiger partial charge in [-0.1, -0.05) is 0 Å². The molecule has 0 aliphatic carbocycles. The molecule has 0 bridgehead atoms. The maximum atomic E-state index is 14.0. The molecule has 3 aliphatic heterocycles. The molecule has 1 fully saturated rings. The van der Waals surface area contributed by atoms with E-state index in [2.05, 4.69) is 45.2 Å². The number of fused-ring (bicyclic) bond motifs is 3. The molecule has 0 atom stereocenters. The first-order chi connectivity index (χ1) is 15.2. The molecule has 0 amide bonds. The van der Waals surface area contributed by atoms with Gasteiger partial charge in [0.25, 0.3) is 6.01 Å². The minimum atomic E-state index is -0.206. The number of rotatable bonds is 2. The third kappa shape index (κ3) is 3.54. The van der Waals surface area contributed by atoms with Crippen LogP contribution in [0.25, 0.3) is 16.7 Å². The number of ether oxygens (including phenoxy) is 1. The number of pyridine rings is 1. The molecule has 3 aromatic rings. The van der Waals surface area contributed by atoms with E-state index in [-0.39, 0.29) is 5.82 Å². The highest BCUT2D eigenvalue weighted by Crippen LogP contribution is 2.46. The summed E-state index contributed by atoms with van der Waals surface area (Å²) in [4.78, 5) is 14.7. The number of halogens is 2. The quantitative estimate of drug-likeness (QED) is 0.263. The standard InChI is InChI=1S/C21H19FIN5O2S/c22-13-1-2-19-14(9-13)15-12-27(4-3-17(15)28(23)31-19)20-10-18-16(11-24-20)25-21(30-18)26-5-7-29-8-6-26/h1-2,9-11H,3-8,12H2. The summed E-state index contributed by atoms with van der Waals surface area (Å²) >= 11 is 3.97. The van der Waals surface area contributed by atoms with Crippen LogP contribution in [0, 0.1) is 5.82 Å². The van der Waals surface area contributed by atoms with Gasteiger partial charge in [-0.2, -0.15) is 4.98 Å². The molecular formula is C21H19FIN5O2S. The summed E-state index contributed by atoms with van der Waals surface area (Å²) in [5.41, 5.74) is 4.86. The van der Waals surface area contributed by atoms with Gasteiger partial charge < -0.3 is 19.0 Å². The number of hydrogen-bond donors (Lipinski definition) is 0. The summed E-state index contributed by atoms with van der Waals surface area (Å²) in [6.45, 7) is 4.43. The Morgan fingerprint density at radius 3 is 2.84 bits per heavy atom. The van der Waals surface area contributed by atoms with Crippen LogP contribution in [-0.2, 0) is 4.74 Å². The molecule has 160 valence electrons. The maximum absolute atomic E-state index is 14.0. The van der Waals surface area contributed by atoms with Gasteiger partial charge in [0.15, 0.2) is 5.58 Å². The zero-order chi connectivity index (χ0) is 20.9. The molecule has 0 N–H and O–H groups in total. The lowest BCUT2D eigenvalue weighted by molar-refractivity contribution is 0.120. The first-order valence-corrected chi connectivity index (χ1v) is 11.9. The second-order valence-electron chi connectivity index (χ2n) is 7.68. The highest BCUT2D eigenvalue weighted by Gasteiger charge is 2.30. The lowest BCUT2D eigenvalue weighted by atomic mass is 9.98. The first-order valence-electron chi connectivity index (χ1n) is 10.2. The topological polar surface area (TPSA) is 57.9 Å². The van der Waals surface area contributed by atoms with Crippen molar-refractivity contribution in [3.63, 3.8) is 0 Å². The first kappa shape index (κ1) is 19.6. The molecule has 0 radical (unpaired) electrons. The van der Waals surface area contributed by atoms with Crippen molar-refractivity contribution < 1.29 is 13.5 Å². The van der Waals surface area contributed by atoms with Crippen molar-refractivity contribution in [3.05, 3.63) is 47.5 Å². The number of hydrogen-bond acceptors (Lipinski definition) is 8. The molecule has 5 heterocycles. The number of anilines is 2. The number of oxazole rings is 1. The second-order valence-corrected chi connectivity index (χ2v) is 10.3. The summed E-state index contributed by atoms with van der Waals surface area (Å²) in [6, 6.07) is 7.61. The van der Waals surface area contributed by atoms with Gasteiger partial charge >= 0.3 is 0 Å². The minimum Gasteiger partial charge on any atom is -0.423 e. The average molecular weight is 551 g/mol. The molecule has 7 nitrogen and oxygen atoms in total. The van der Waals surface area contributed by atoms with Crippen molar-refractivity contribution in [1.29, 1.82) is 0 Å². The molecular weight excluding hydrogens is 532 g/mol. The third-order valence-corrected chi connectivity index (χ3v) is 7.93. The van der Waals surface area contributed by atoms with E-state index < -0.39 is 0 Å². The van der Waals surface area contributed by atoms with Gasteiger partial charge in [-0.3, -0.25) is 2.52 Å². The second kappa shape index (κ2) is 7.82. The molecule has 0 unspecified atom stereocenters. The van der Waals surface area contributed by atoms with Crippen molar-refractivity contribution in [2.45, 2.75) is 11.3 Å². The Morgan fingerprint density at radius 2 is 1.97 bits per heavy atom. The molecule has 6 rings (SSSR count). The van der Waals surface area contributed by atoms with E-state index in [0.29, 0.717) is 25.8 Å². The van der Waals surface area contributed by atoms with Gasteiger partial charge in [0, 0.05) is 54.8 Å². The molecule has 31 heavy (non-hydrogen) atoms. The van der Waals surface area contributed by atoms with Gasteiger partial charge in [0.1, 0.15) is 17.2 Å². The smallest absolute Gasteiger partial charge is 0.298 e. The van der Waals surface area contributed by atoms with Crippen molar-refractivity contribution in [2.75, 3.05) is 49.2 Å². The largest absolute Gasteiger partial charge is 0.423 e. The number of morpholine rings is 1. The van der Waals surface area contributed by atoms with Crippen LogP contribution in [0.15, 0.2) is 45.5 Å². The maximum Gasteiger partial charge on any atom is 0.298 e. The fraction of sp³-hybridized carbons (Fsp3) is 0.333. The Hall–Kier alpha value is -2.05. The fourth-order valence-electron chi connectivity index (χ4n) is 4.21. The van der Waals surface area contributed by atoms with Crippen molar-refractivity contribution >= 4 is 63.3 Å². The predicted molar refractivity (Wildman–Crippen MR) is 127 cm³/mol. The lowest BCUT2D eigenvalue weighted by Crippen LogP contribution is -2.36. The van der Waals surface area contributed by atoms with Crippen LogP contribution < -0.4 is 9.80 Å². The minimum absolute atomic E-state index is 0.206. The van der Waals surface area contributed by atoms with E-state index in [1.807, 2.05) is 12.1 Å². The van der Waals surface area contributed by atoms with Gasteiger partial charge in [-0.05, 0) is 35.7 Å². The summed E-state index contributed by atoms with van der Waals surface area (Å²) < 4.78 is 27.6. The van der Waals surface area contributed by atoms with E-state index in [4.69, 9.17) is 9.15 Å². The molecule has 2 aromatic heterocycles. The van der Waals surface area contributed by atoms with Crippen LogP contribution in [0.3, 0.4) is 0 Å². The SMILES string of the molecule is Fc1ccc2c(c1)C1=C(CCN(c3cc4oc(N5CCOCC5)nc4cn3)C1)N(I)S2. The van der Waals surface area contributed by atoms with E-state index in [1.54, 1.807) is 24.2 Å². The number of aromatic nitrogens is 2. The van der Waals surface area contributed by atoms with Gasteiger partial charge in [0.2, 0.25) is 0 Å². The summed E-state index contributed by atoms with van der Waals surface area (Å²) in [5.74, 6) is 0.641. The van der Waals surface area contributed by atoms with Gasteiger partial charge in [-0.15, -0.1) is 0 Å². The summed E-state index contributed by atoms with van der Waals surface area (Å²) in [6.07, 6.45) is 2.65. The Bertz CT molecular complexity index is 1200. The number of benzene rings is 1. The molecule has 0 saturated carbocycles. The molecule has 1 saturated heterocycles. The number of nitrogens with zero attached hydrogens (tertiary/aromatic N) is 5. The van der Waals surface area contributed by atoms with Crippen LogP contribution in [0.2, 0.25) is 0 Å². The van der Waals surface area contributed by atoms with Crippen LogP contribution in [0.1, 0.15) is 12.0 Å². The normalized spacial score (nSPS) is 19.1. The highest BCUT2D eigenvalue weighted by molar-refractivity contribution is 14.1. The summed E-state index contributed by atoms with van der Waals surface area (Å²) in [5, 5.41) is 0. The summed E-state index contributed by atoms with van der Waals surface area (Å²) in [7, 11) is 0. The zero-order valence-corrected chi connectivity index (χ0v) is 19.5. The highest BCUT2D eigenvalue weighted by atomic mass is 127. The zero-order valence-electron chi connectivity index (χ0n) is 16.6. The third-order valence-electron chi connectivity index (χ3n) is 5.83. The van der Waals surface area contributed by atoms with Gasteiger partial charge in [0.05, 0.1) is 42.3 Å². The van der Waals surface area contributed by atoms with E-state index in [1.165, 1.54) is 11.8 Å². The van der Waals surface area contributed by atoms with E-state index >= 15 is 0 Å². The van der Waals surface area contributed by atoms with Crippen molar-refractivity contribution in [2.24, 2.45) is 0 Å². The molecule has 10 heteroatoms. The molecule has 0 spiro atoms. The van der Waals surface area contributed by atoms with E-state index in [9.17, 15) is 4.39 Å². The van der Waals surface area contributed by atoms with Crippen LogP contribution in [0.4, 0.5) is 16.2 Å². The predicted octanol–water partition coefficient (Wildman–Crippen LogP) is 4.49. The Balaban J connectivity index is 1.31. The van der Waals surface area contributed by atoms with Crippen LogP contribution in [-0.4, -0.2) is 51.9 Å². The molecule has 1 aromatic carbocycles. The van der Waals surface area contributed by atoms with Crippen LogP contribution >= 0.6 is 34.8 Å². The molecule has 3 aliphatic rings.